The lowest BCUT2D eigenvalue weighted by Crippen LogP contribution is -2.60. The molecule has 10 heteroatoms. The lowest BCUT2D eigenvalue weighted by Gasteiger charge is -2.53. The third kappa shape index (κ3) is 5.80. The second kappa shape index (κ2) is 10.6. The Hall–Kier alpha value is -3.14. The van der Waals surface area contributed by atoms with Gasteiger partial charge in [-0.25, -0.2) is 4.79 Å². The molecular weight excluding hydrogens is 522 g/mol. The highest BCUT2D eigenvalue weighted by atomic mass is 16.6. The first-order chi connectivity index (χ1) is 19.5. The molecule has 4 aliphatic heterocycles. The van der Waals surface area contributed by atoms with Crippen LogP contribution in [0.4, 0.5) is 10.5 Å². The third-order valence-corrected chi connectivity index (χ3v) is 9.63. The molecule has 0 radical (unpaired) electrons. The number of fused-ring (bicyclic) bond motifs is 1. The summed E-state index contributed by atoms with van der Waals surface area (Å²) in [6.45, 7) is 12.9. The van der Waals surface area contributed by atoms with E-state index in [0.717, 1.165) is 57.1 Å². The van der Waals surface area contributed by atoms with E-state index >= 15 is 0 Å². The van der Waals surface area contributed by atoms with Crippen molar-refractivity contribution >= 4 is 29.5 Å². The highest BCUT2D eigenvalue weighted by Crippen LogP contribution is 2.46. The predicted octanol–water partition coefficient (Wildman–Crippen LogP) is 3.00. The Bertz CT molecular complexity index is 1220. The summed E-state index contributed by atoms with van der Waals surface area (Å²) in [4.78, 5) is 57.7. The van der Waals surface area contributed by atoms with Gasteiger partial charge in [0, 0.05) is 75.4 Å². The molecule has 0 aromatic heterocycles. The van der Waals surface area contributed by atoms with Crippen LogP contribution in [-0.4, -0.2) is 96.0 Å². The van der Waals surface area contributed by atoms with Crippen molar-refractivity contribution in [2.75, 3.05) is 50.7 Å². The molecule has 1 aromatic rings. The van der Waals surface area contributed by atoms with Crippen molar-refractivity contribution < 1.29 is 23.9 Å². The largest absolute Gasteiger partial charge is 0.444 e. The number of amides is 4. The second-order valence-electron chi connectivity index (χ2n) is 13.8. The van der Waals surface area contributed by atoms with E-state index in [0.29, 0.717) is 29.9 Å². The lowest BCUT2D eigenvalue weighted by molar-refractivity contribution is -0.136. The Morgan fingerprint density at radius 3 is 2.39 bits per heavy atom. The van der Waals surface area contributed by atoms with Crippen LogP contribution in [-0.2, 0) is 20.9 Å². The Labute approximate surface area is 242 Å². The number of nitrogens with zero attached hydrogens (tertiary/aromatic N) is 4. The fourth-order valence-corrected chi connectivity index (χ4v) is 7.32. The molecule has 1 spiro atoms. The van der Waals surface area contributed by atoms with Crippen molar-refractivity contribution in [1.82, 2.24) is 20.0 Å². The molecule has 4 amide bonds. The zero-order valence-electron chi connectivity index (χ0n) is 24.6. The molecule has 222 valence electrons. The number of piperidine rings is 1. The Balaban J connectivity index is 0.956. The summed E-state index contributed by atoms with van der Waals surface area (Å²) in [5, 5.41) is 2.37. The summed E-state index contributed by atoms with van der Waals surface area (Å²) in [6, 6.07) is 5.45. The number of carbonyl (C=O) groups is 4. The van der Waals surface area contributed by atoms with Crippen molar-refractivity contribution in [3.05, 3.63) is 29.3 Å². The van der Waals surface area contributed by atoms with Crippen molar-refractivity contribution in [3.8, 4) is 0 Å². The number of hydrogen-bond donors (Lipinski definition) is 1. The van der Waals surface area contributed by atoms with Crippen LogP contribution in [0.5, 0.6) is 0 Å². The van der Waals surface area contributed by atoms with Crippen LogP contribution in [0.25, 0.3) is 0 Å². The highest BCUT2D eigenvalue weighted by Gasteiger charge is 2.48. The van der Waals surface area contributed by atoms with Crippen LogP contribution in [0, 0.1) is 11.3 Å². The van der Waals surface area contributed by atoms with Gasteiger partial charge < -0.3 is 19.4 Å². The molecule has 1 aliphatic carbocycles. The van der Waals surface area contributed by atoms with Gasteiger partial charge in [-0.05, 0) is 82.6 Å². The smallest absolute Gasteiger partial charge is 0.410 e. The van der Waals surface area contributed by atoms with Crippen LogP contribution in [0.15, 0.2) is 18.2 Å². The highest BCUT2D eigenvalue weighted by molar-refractivity contribution is 6.05. The summed E-state index contributed by atoms with van der Waals surface area (Å²) in [5.74, 6) is -0.0526. The molecule has 10 nitrogen and oxygen atoms in total. The zero-order chi connectivity index (χ0) is 28.9. The van der Waals surface area contributed by atoms with Crippen molar-refractivity contribution in [2.24, 2.45) is 11.3 Å². The summed E-state index contributed by atoms with van der Waals surface area (Å²) < 4.78 is 5.54. The summed E-state index contributed by atoms with van der Waals surface area (Å²) in [5.41, 5.74) is 2.60. The Morgan fingerprint density at radius 2 is 1.73 bits per heavy atom. The fraction of sp³-hybridized carbons (Fsp3) is 0.677. The number of imide groups is 1. The van der Waals surface area contributed by atoms with Gasteiger partial charge in [-0.2, -0.15) is 0 Å². The molecule has 0 unspecified atom stereocenters. The molecule has 1 N–H and O–H groups in total. The van der Waals surface area contributed by atoms with E-state index in [-0.39, 0.29) is 30.2 Å². The van der Waals surface area contributed by atoms with Gasteiger partial charge in [-0.15, -0.1) is 0 Å². The molecule has 5 aliphatic rings. The summed E-state index contributed by atoms with van der Waals surface area (Å²) in [7, 11) is 0. The van der Waals surface area contributed by atoms with E-state index in [9.17, 15) is 19.2 Å². The summed E-state index contributed by atoms with van der Waals surface area (Å²) in [6.07, 6.45) is 5.31. The second-order valence-corrected chi connectivity index (χ2v) is 13.8. The zero-order valence-corrected chi connectivity index (χ0v) is 24.6. The Morgan fingerprint density at radius 1 is 1.02 bits per heavy atom. The number of carbonyl (C=O) groups excluding carboxylic acids is 4. The molecule has 4 heterocycles. The first-order valence-electron chi connectivity index (χ1n) is 15.2. The van der Waals surface area contributed by atoms with Gasteiger partial charge in [0.2, 0.25) is 11.8 Å². The van der Waals surface area contributed by atoms with Crippen LogP contribution in [0.3, 0.4) is 0 Å². The minimum Gasteiger partial charge on any atom is -0.444 e. The molecule has 4 fully saturated rings. The van der Waals surface area contributed by atoms with Gasteiger partial charge >= 0.3 is 6.09 Å². The molecular formula is C31H43N5O5. The number of rotatable bonds is 4. The van der Waals surface area contributed by atoms with E-state index in [1.165, 1.54) is 25.7 Å². The van der Waals surface area contributed by atoms with Gasteiger partial charge in [-0.3, -0.25) is 24.6 Å². The van der Waals surface area contributed by atoms with E-state index in [1.54, 1.807) is 4.90 Å². The number of nitrogens with one attached hydrogen (secondary N) is 1. The van der Waals surface area contributed by atoms with E-state index in [1.807, 2.05) is 37.8 Å². The maximum Gasteiger partial charge on any atom is 0.410 e. The quantitative estimate of drug-likeness (QED) is 0.560. The van der Waals surface area contributed by atoms with E-state index in [2.05, 4.69) is 21.2 Å². The topological polar surface area (TPSA) is 102 Å². The SMILES string of the molecule is CC(C)(C)OC(=O)N1CC2(CCC(CN3CCN(c4ccc5c(c4)CN([C@H]4CCC(=O)NC4=O)C5=O)CC3)CC2)C1. The molecule has 1 aromatic carbocycles. The number of likely N-dealkylation sites (tertiary alicyclic amines) is 1. The lowest BCUT2D eigenvalue weighted by atomic mass is 9.66. The molecule has 1 atom stereocenters. The molecule has 0 bridgehead atoms. The van der Waals surface area contributed by atoms with Crippen molar-refractivity contribution in [2.45, 2.75) is 77.5 Å². The normalized spacial score (nSPS) is 25.3. The number of ether oxygens (including phenoxy) is 1. The van der Waals surface area contributed by atoms with Gasteiger partial charge in [-0.1, -0.05) is 0 Å². The minimum absolute atomic E-state index is 0.125. The van der Waals surface area contributed by atoms with Crippen LogP contribution >= 0.6 is 0 Å². The number of benzene rings is 1. The molecule has 41 heavy (non-hydrogen) atoms. The number of hydrogen-bond acceptors (Lipinski definition) is 7. The van der Waals surface area contributed by atoms with Gasteiger partial charge in [0.15, 0.2) is 0 Å². The average molecular weight is 566 g/mol. The Kier molecular flexibility index (Phi) is 7.24. The van der Waals surface area contributed by atoms with Crippen LogP contribution in [0.2, 0.25) is 0 Å². The standard InChI is InChI=1S/C31H43N5O5/c1-30(2,3)41-29(40)35-19-31(20-35)10-8-21(9-11-31)17-33-12-14-34(15-13-33)23-4-5-24-22(16-23)18-36(28(24)39)25-6-7-26(37)32-27(25)38/h4-5,16,21,25H,6-15,17-20H2,1-3H3,(H,32,37,38)/t25-/m0/s1. The molecule has 6 rings (SSSR count). The monoisotopic (exact) mass is 565 g/mol. The fourth-order valence-electron chi connectivity index (χ4n) is 7.32. The van der Waals surface area contributed by atoms with Crippen LogP contribution in [0.1, 0.15) is 75.2 Å². The number of anilines is 1. The average Bonchev–Trinajstić information content (AvgIpc) is 3.22. The van der Waals surface area contributed by atoms with Crippen LogP contribution < -0.4 is 10.2 Å². The first kappa shape index (κ1) is 28.0. The van der Waals surface area contributed by atoms with E-state index in [4.69, 9.17) is 4.74 Å². The maximum absolute atomic E-state index is 13.0. The van der Waals surface area contributed by atoms with Crippen molar-refractivity contribution in [1.29, 1.82) is 0 Å². The summed E-state index contributed by atoms with van der Waals surface area (Å²) >= 11 is 0. The minimum atomic E-state index is -0.581. The van der Waals surface area contributed by atoms with Gasteiger partial charge in [0.25, 0.3) is 5.91 Å². The molecule has 1 saturated carbocycles. The van der Waals surface area contributed by atoms with Gasteiger partial charge in [0.1, 0.15) is 11.6 Å². The maximum atomic E-state index is 13.0. The third-order valence-electron chi connectivity index (χ3n) is 9.63. The van der Waals surface area contributed by atoms with Crippen molar-refractivity contribution in [3.63, 3.8) is 0 Å². The number of piperazine rings is 1. The van der Waals surface area contributed by atoms with Gasteiger partial charge in [0.05, 0.1) is 0 Å². The predicted molar refractivity (Wildman–Crippen MR) is 153 cm³/mol. The molecule has 3 saturated heterocycles. The van der Waals surface area contributed by atoms with E-state index < -0.39 is 11.6 Å². The first-order valence-corrected chi connectivity index (χ1v) is 15.2.